The number of anilines is 1. The predicted octanol–water partition coefficient (Wildman–Crippen LogP) is 4.60. The molecule has 2 atom stereocenters. The van der Waals surface area contributed by atoms with E-state index in [1.165, 1.54) is 51.6 Å². The molecule has 1 saturated carbocycles. The highest BCUT2D eigenvalue weighted by atomic mass is 79.9. The second-order valence-corrected chi connectivity index (χ2v) is 7.85. The van der Waals surface area contributed by atoms with E-state index < -0.39 is 0 Å². The first-order chi connectivity index (χ1) is 11.8. The number of amides is 1. The van der Waals surface area contributed by atoms with Crippen LogP contribution in [0, 0.1) is 0 Å². The standard InChI is InChI=1S/C20H29BrN2O/c21-14-13-20(24)23(17-9-3-1-4-10-17)19-12-6-2-5-11-18(19)22-15-7-8-16-22/h1,3-4,9-10,18-19H,2,5-8,11-16H2. The second kappa shape index (κ2) is 9.00. The number of halogens is 1. The molecule has 1 amide bonds. The molecule has 2 unspecified atom stereocenters. The summed E-state index contributed by atoms with van der Waals surface area (Å²) < 4.78 is 0. The van der Waals surface area contributed by atoms with E-state index >= 15 is 0 Å². The molecule has 4 heteroatoms. The van der Waals surface area contributed by atoms with Crippen LogP contribution >= 0.6 is 15.9 Å². The van der Waals surface area contributed by atoms with Gasteiger partial charge in [-0.1, -0.05) is 53.4 Å². The highest BCUT2D eigenvalue weighted by Crippen LogP contribution is 2.32. The molecule has 1 heterocycles. The Morgan fingerprint density at radius 3 is 2.46 bits per heavy atom. The largest absolute Gasteiger partial charge is 0.308 e. The Hall–Kier alpha value is -0.870. The van der Waals surface area contributed by atoms with Crippen molar-refractivity contribution < 1.29 is 4.79 Å². The molecule has 1 saturated heterocycles. The average molecular weight is 393 g/mol. The van der Waals surface area contributed by atoms with Crippen LogP contribution in [0.3, 0.4) is 0 Å². The molecular formula is C20H29BrN2O. The van der Waals surface area contributed by atoms with Crippen molar-refractivity contribution >= 4 is 27.5 Å². The lowest BCUT2D eigenvalue weighted by Crippen LogP contribution is -2.53. The first-order valence-corrected chi connectivity index (χ1v) is 10.6. The van der Waals surface area contributed by atoms with Crippen molar-refractivity contribution in [3.8, 4) is 0 Å². The van der Waals surface area contributed by atoms with Crippen molar-refractivity contribution in [1.29, 1.82) is 0 Å². The van der Waals surface area contributed by atoms with Gasteiger partial charge in [-0.05, 0) is 50.9 Å². The molecule has 132 valence electrons. The van der Waals surface area contributed by atoms with Crippen LogP contribution in [0.5, 0.6) is 0 Å². The molecule has 0 N–H and O–H groups in total. The highest BCUT2D eigenvalue weighted by molar-refractivity contribution is 9.09. The Morgan fingerprint density at radius 2 is 1.75 bits per heavy atom. The lowest BCUT2D eigenvalue weighted by atomic mass is 9.98. The summed E-state index contributed by atoms with van der Waals surface area (Å²) in [6.45, 7) is 2.41. The third-order valence-corrected chi connectivity index (χ3v) is 5.89. The number of nitrogens with zero attached hydrogens (tertiary/aromatic N) is 2. The van der Waals surface area contributed by atoms with Crippen molar-refractivity contribution in [3.05, 3.63) is 30.3 Å². The van der Waals surface area contributed by atoms with E-state index in [0.29, 0.717) is 18.5 Å². The van der Waals surface area contributed by atoms with Gasteiger partial charge in [-0.15, -0.1) is 0 Å². The van der Waals surface area contributed by atoms with E-state index in [2.05, 4.69) is 37.9 Å². The Labute approximate surface area is 154 Å². The highest BCUT2D eigenvalue weighted by Gasteiger charge is 2.36. The number of para-hydroxylation sites is 1. The topological polar surface area (TPSA) is 23.6 Å². The van der Waals surface area contributed by atoms with Gasteiger partial charge in [-0.3, -0.25) is 9.69 Å². The van der Waals surface area contributed by atoms with Gasteiger partial charge in [-0.2, -0.15) is 0 Å². The zero-order valence-corrected chi connectivity index (χ0v) is 16.1. The lowest BCUT2D eigenvalue weighted by molar-refractivity contribution is -0.119. The molecule has 1 aliphatic heterocycles. The van der Waals surface area contributed by atoms with Gasteiger partial charge in [0.15, 0.2) is 0 Å². The number of carbonyl (C=O) groups excluding carboxylic acids is 1. The maximum absolute atomic E-state index is 13.0. The maximum atomic E-state index is 13.0. The van der Waals surface area contributed by atoms with Crippen molar-refractivity contribution in [1.82, 2.24) is 4.90 Å². The molecule has 0 bridgehead atoms. The Kier molecular flexibility index (Phi) is 6.73. The molecule has 3 rings (SSSR count). The van der Waals surface area contributed by atoms with Crippen LogP contribution in [0.2, 0.25) is 0 Å². The summed E-state index contributed by atoms with van der Waals surface area (Å²) in [5.74, 6) is 0.258. The third-order valence-electron chi connectivity index (χ3n) is 5.50. The van der Waals surface area contributed by atoms with Crippen molar-refractivity contribution in [3.63, 3.8) is 0 Å². The fourth-order valence-electron chi connectivity index (χ4n) is 4.38. The number of rotatable bonds is 5. The SMILES string of the molecule is O=C(CCBr)N(c1ccccc1)C1CCCCCC1N1CCCC1. The Morgan fingerprint density at radius 1 is 1.04 bits per heavy atom. The first kappa shape index (κ1) is 17.9. The smallest absolute Gasteiger partial charge is 0.228 e. The molecule has 2 fully saturated rings. The average Bonchev–Trinajstić information content (AvgIpc) is 3.03. The molecule has 1 aromatic rings. The molecule has 1 aliphatic carbocycles. The normalized spacial score (nSPS) is 25.4. The van der Waals surface area contributed by atoms with Gasteiger partial charge >= 0.3 is 0 Å². The van der Waals surface area contributed by atoms with Gasteiger partial charge in [0.2, 0.25) is 5.91 Å². The van der Waals surface area contributed by atoms with Gasteiger partial charge in [0.1, 0.15) is 0 Å². The monoisotopic (exact) mass is 392 g/mol. The third kappa shape index (κ3) is 4.20. The Bertz CT molecular complexity index is 516. The minimum Gasteiger partial charge on any atom is -0.308 e. The van der Waals surface area contributed by atoms with Gasteiger partial charge < -0.3 is 4.90 Å². The number of hydrogen-bond donors (Lipinski definition) is 0. The number of carbonyl (C=O) groups is 1. The zero-order chi connectivity index (χ0) is 16.8. The summed E-state index contributed by atoms with van der Waals surface area (Å²) >= 11 is 3.45. The summed E-state index contributed by atoms with van der Waals surface area (Å²) in [5, 5.41) is 0.732. The van der Waals surface area contributed by atoms with Crippen LogP contribution in [0.4, 0.5) is 5.69 Å². The van der Waals surface area contributed by atoms with Gasteiger partial charge in [-0.25, -0.2) is 0 Å². The van der Waals surface area contributed by atoms with Gasteiger partial charge in [0.05, 0.1) is 6.04 Å². The summed E-state index contributed by atoms with van der Waals surface area (Å²) in [6, 6.07) is 11.2. The van der Waals surface area contributed by atoms with Crippen LogP contribution in [-0.4, -0.2) is 41.3 Å². The number of likely N-dealkylation sites (tertiary alicyclic amines) is 1. The molecule has 0 aromatic heterocycles. The molecule has 1 aromatic carbocycles. The zero-order valence-electron chi connectivity index (χ0n) is 14.5. The maximum Gasteiger partial charge on any atom is 0.228 e. The van der Waals surface area contributed by atoms with E-state index in [1.54, 1.807) is 0 Å². The first-order valence-electron chi connectivity index (χ1n) is 9.48. The van der Waals surface area contributed by atoms with E-state index in [1.807, 2.05) is 18.2 Å². The van der Waals surface area contributed by atoms with Crippen LogP contribution in [0.25, 0.3) is 0 Å². The van der Waals surface area contributed by atoms with Gasteiger partial charge in [0.25, 0.3) is 0 Å². The van der Waals surface area contributed by atoms with Crippen molar-refractivity contribution in [2.75, 3.05) is 23.3 Å². The lowest BCUT2D eigenvalue weighted by Gasteiger charge is -2.40. The van der Waals surface area contributed by atoms with Crippen molar-refractivity contribution in [2.45, 2.75) is 63.5 Å². The van der Waals surface area contributed by atoms with Crippen LogP contribution in [0.15, 0.2) is 30.3 Å². The summed E-state index contributed by atoms with van der Waals surface area (Å²) in [7, 11) is 0. The number of benzene rings is 1. The molecule has 2 aliphatic rings. The summed E-state index contributed by atoms with van der Waals surface area (Å²) in [5.41, 5.74) is 1.07. The van der Waals surface area contributed by atoms with E-state index in [4.69, 9.17) is 0 Å². The predicted molar refractivity (Wildman–Crippen MR) is 104 cm³/mol. The minimum atomic E-state index is 0.258. The number of alkyl halides is 1. The van der Waals surface area contributed by atoms with Gasteiger partial charge in [0, 0.05) is 23.5 Å². The fraction of sp³-hybridized carbons (Fsp3) is 0.650. The van der Waals surface area contributed by atoms with E-state index in [0.717, 1.165) is 17.4 Å². The summed E-state index contributed by atoms with van der Waals surface area (Å²) in [4.78, 5) is 17.8. The van der Waals surface area contributed by atoms with E-state index in [-0.39, 0.29) is 5.91 Å². The number of hydrogen-bond acceptors (Lipinski definition) is 2. The van der Waals surface area contributed by atoms with Crippen molar-refractivity contribution in [2.24, 2.45) is 0 Å². The summed E-state index contributed by atoms with van der Waals surface area (Å²) in [6.07, 6.45) is 9.38. The van der Waals surface area contributed by atoms with Crippen LogP contribution in [-0.2, 0) is 4.79 Å². The van der Waals surface area contributed by atoms with Crippen LogP contribution in [0.1, 0.15) is 51.4 Å². The minimum absolute atomic E-state index is 0.258. The molecule has 24 heavy (non-hydrogen) atoms. The van der Waals surface area contributed by atoms with E-state index in [9.17, 15) is 4.79 Å². The Balaban J connectivity index is 1.91. The molecular weight excluding hydrogens is 364 g/mol. The molecule has 3 nitrogen and oxygen atoms in total. The van der Waals surface area contributed by atoms with Crippen LogP contribution < -0.4 is 4.90 Å². The fourth-order valence-corrected chi connectivity index (χ4v) is 4.72. The molecule has 0 spiro atoms. The molecule has 0 radical (unpaired) electrons. The second-order valence-electron chi connectivity index (χ2n) is 7.05. The quantitative estimate of drug-likeness (QED) is 0.539.